The minimum Gasteiger partial charge on any atom is -0.480 e. The Balaban J connectivity index is 2.41. The molecule has 0 bridgehead atoms. The normalized spacial score (nSPS) is 21.1. The van der Waals surface area contributed by atoms with Crippen molar-refractivity contribution in [2.45, 2.75) is 19.4 Å². The lowest BCUT2D eigenvalue weighted by atomic mass is 10.1. The molecule has 1 rings (SSSR count). The first-order chi connectivity index (χ1) is 7.19. The summed E-state index contributed by atoms with van der Waals surface area (Å²) in [6, 6.07) is -0.309. The van der Waals surface area contributed by atoms with E-state index in [2.05, 4.69) is 16.4 Å². The molecule has 0 radical (unpaired) electrons. The molecule has 1 heterocycles. The number of carbonyl (C=O) groups is 1. The average Bonchev–Trinajstić information content (AvgIpc) is 2.21. The van der Waals surface area contributed by atoms with Gasteiger partial charge in [0.1, 0.15) is 6.04 Å². The van der Waals surface area contributed by atoms with Gasteiger partial charge in [-0.15, -0.1) is 6.58 Å². The lowest BCUT2D eigenvalue weighted by Gasteiger charge is -2.36. The molecule has 1 aliphatic heterocycles. The standard InChI is InChI=1S/C11H20N2O2/c1-3-5-12-6-8-13(9-7-12)10(4-2)11(14)15/h3,10H,1,4-9H2,2H3,(H,14,15)/t10-/m1/s1. The van der Waals surface area contributed by atoms with Crippen molar-refractivity contribution in [1.29, 1.82) is 0 Å². The van der Waals surface area contributed by atoms with Crippen LogP contribution in [0.5, 0.6) is 0 Å². The van der Waals surface area contributed by atoms with Crippen molar-refractivity contribution in [2.75, 3.05) is 32.7 Å². The van der Waals surface area contributed by atoms with Crippen LogP contribution in [0.2, 0.25) is 0 Å². The molecule has 4 nitrogen and oxygen atoms in total. The van der Waals surface area contributed by atoms with Crippen LogP contribution in [0, 0.1) is 0 Å². The summed E-state index contributed by atoms with van der Waals surface area (Å²) in [6.45, 7) is 10.1. The highest BCUT2D eigenvalue weighted by molar-refractivity contribution is 5.73. The quantitative estimate of drug-likeness (QED) is 0.680. The Hall–Kier alpha value is -0.870. The van der Waals surface area contributed by atoms with Gasteiger partial charge in [0.2, 0.25) is 0 Å². The van der Waals surface area contributed by atoms with Crippen LogP contribution in [0.15, 0.2) is 12.7 Å². The minimum atomic E-state index is -0.699. The number of carboxylic acids is 1. The van der Waals surface area contributed by atoms with Gasteiger partial charge in [0.25, 0.3) is 0 Å². The van der Waals surface area contributed by atoms with Crippen LogP contribution in [-0.2, 0) is 4.79 Å². The molecule has 1 atom stereocenters. The maximum Gasteiger partial charge on any atom is 0.320 e. The predicted octanol–water partition coefficient (Wildman–Crippen LogP) is 0.653. The monoisotopic (exact) mass is 212 g/mol. The summed E-state index contributed by atoms with van der Waals surface area (Å²) in [4.78, 5) is 15.3. The molecule has 1 aliphatic rings. The average molecular weight is 212 g/mol. The summed E-state index contributed by atoms with van der Waals surface area (Å²) in [7, 11) is 0. The zero-order valence-corrected chi connectivity index (χ0v) is 9.35. The van der Waals surface area contributed by atoms with Crippen molar-refractivity contribution in [1.82, 2.24) is 9.80 Å². The number of carboxylic acid groups (broad SMARTS) is 1. The predicted molar refractivity (Wildman–Crippen MR) is 59.9 cm³/mol. The number of nitrogens with zero attached hydrogens (tertiary/aromatic N) is 2. The summed E-state index contributed by atoms with van der Waals surface area (Å²) >= 11 is 0. The lowest BCUT2D eigenvalue weighted by Crippen LogP contribution is -2.52. The fraction of sp³-hybridized carbons (Fsp3) is 0.727. The van der Waals surface area contributed by atoms with Crippen molar-refractivity contribution < 1.29 is 9.90 Å². The van der Waals surface area contributed by atoms with E-state index in [0.717, 1.165) is 32.7 Å². The lowest BCUT2D eigenvalue weighted by molar-refractivity contribution is -0.144. The highest BCUT2D eigenvalue weighted by Crippen LogP contribution is 2.09. The number of piperazine rings is 1. The zero-order chi connectivity index (χ0) is 11.3. The molecule has 0 amide bonds. The van der Waals surface area contributed by atoms with Crippen molar-refractivity contribution in [3.05, 3.63) is 12.7 Å². The van der Waals surface area contributed by atoms with Gasteiger partial charge in [-0.05, 0) is 6.42 Å². The van der Waals surface area contributed by atoms with E-state index in [0.29, 0.717) is 6.42 Å². The maximum atomic E-state index is 11.0. The minimum absolute atomic E-state index is 0.309. The number of aliphatic carboxylic acids is 1. The first-order valence-electron chi connectivity index (χ1n) is 5.49. The van der Waals surface area contributed by atoms with Crippen molar-refractivity contribution in [3.63, 3.8) is 0 Å². The van der Waals surface area contributed by atoms with E-state index in [1.165, 1.54) is 0 Å². The summed E-state index contributed by atoms with van der Waals surface area (Å²) < 4.78 is 0. The van der Waals surface area contributed by atoms with Gasteiger partial charge < -0.3 is 5.11 Å². The van der Waals surface area contributed by atoms with Gasteiger partial charge in [0, 0.05) is 32.7 Å². The van der Waals surface area contributed by atoms with Crippen LogP contribution in [0.4, 0.5) is 0 Å². The molecular formula is C11H20N2O2. The SMILES string of the molecule is C=CCN1CCN([C@H](CC)C(=O)O)CC1. The molecular weight excluding hydrogens is 192 g/mol. The van der Waals surface area contributed by atoms with E-state index < -0.39 is 5.97 Å². The van der Waals surface area contributed by atoms with Crippen LogP contribution in [0.3, 0.4) is 0 Å². The van der Waals surface area contributed by atoms with Gasteiger partial charge in [0.05, 0.1) is 0 Å². The Kier molecular flexibility index (Phi) is 4.78. The Morgan fingerprint density at radius 3 is 2.47 bits per heavy atom. The van der Waals surface area contributed by atoms with E-state index in [1.54, 1.807) is 0 Å². The number of hydrogen-bond acceptors (Lipinski definition) is 3. The number of hydrogen-bond donors (Lipinski definition) is 1. The van der Waals surface area contributed by atoms with Crippen molar-refractivity contribution in [3.8, 4) is 0 Å². The fourth-order valence-corrected chi connectivity index (χ4v) is 2.03. The third-order valence-corrected chi connectivity index (χ3v) is 2.91. The smallest absolute Gasteiger partial charge is 0.320 e. The Morgan fingerprint density at radius 2 is 2.07 bits per heavy atom. The van der Waals surface area contributed by atoms with Crippen molar-refractivity contribution in [2.24, 2.45) is 0 Å². The van der Waals surface area contributed by atoms with Crippen molar-refractivity contribution >= 4 is 5.97 Å². The van der Waals surface area contributed by atoms with E-state index in [9.17, 15) is 4.79 Å². The van der Waals surface area contributed by atoms with E-state index in [4.69, 9.17) is 5.11 Å². The van der Waals surface area contributed by atoms with E-state index in [-0.39, 0.29) is 6.04 Å². The molecule has 0 aromatic rings. The summed E-state index contributed by atoms with van der Waals surface area (Å²) in [5.74, 6) is -0.699. The zero-order valence-electron chi connectivity index (χ0n) is 9.35. The molecule has 1 N–H and O–H groups in total. The highest BCUT2D eigenvalue weighted by Gasteiger charge is 2.26. The second-order valence-electron chi connectivity index (χ2n) is 3.89. The first-order valence-corrected chi connectivity index (χ1v) is 5.49. The second-order valence-corrected chi connectivity index (χ2v) is 3.89. The topological polar surface area (TPSA) is 43.8 Å². The highest BCUT2D eigenvalue weighted by atomic mass is 16.4. The van der Waals surface area contributed by atoms with E-state index in [1.807, 2.05) is 13.0 Å². The third-order valence-electron chi connectivity index (χ3n) is 2.91. The van der Waals surface area contributed by atoms with Crippen LogP contribution in [0.25, 0.3) is 0 Å². The Labute approximate surface area is 91.2 Å². The van der Waals surface area contributed by atoms with Gasteiger partial charge in [-0.3, -0.25) is 14.6 Å². The third kappa shape index (κ3) is 3.32. The van der Waals surface area contributed by atoms with Gasteiger partial charge >= 0.3 is 5.97 Å². The Morgan fingerprint density at radius 1 is 1.47 bits per heavy atom. The van der Waals surface area contributed by atoms with Crippen LogP contribution >= 0.6 is 0 Å². The van der Waals surface area contributed by atoms with Crippen LogP contribution in [-0.4, -0.2) is 59.6 Å². The number of rotatable bonds is 5. The molecule has 0 aromatic carbocycles. The molecule has 0 unspecified atom stereocenters. The molecule has 1 fully saturated rings. The van der Waals surface area contributed by atoms with Gasteiger partial charge in [-0.1, -0.05) is 13.0 Å². The summed E-state index contributed by atoms with van der Waals surface area (Å²) in [6.07, 6.45) is 2.57. The summed E-state index contributed by atoms with van der Waals surface area (Å²) in [5.41, 5.74) is 0. The molecule has 0 aliphatic carbocycles. The van der Waals surface area contributed by atoms with Crippen LogP contribution in [0.1, 0.15) is 13.3 Å². The molecule has 86 valence electrons. The summed E-state index contributed by atoms with van der Waals surface area (Å²) in [5, 5.41) is 9.02. The Bertz CT molecular complexity index is 223. The molecule has 0 spiro atoms. The molecule has 0 aromatic heterocycles. The fourth-order valence-electron chi connectivity index (χ4n) is 2.03. The molecule has 1 saturated heterocycles. The van der Waals surface area contributed by atoms with E-state index >= 15 is 0 Å². The second kappa shape index (κ2) is 5.88. The largest absolute Gasteiger partial charge is 0.480 e. The molecule has 15 heavy (non-hydrogen) atoms. The maximum absolute atomic E-state index is 11.0. The van der Waals surface area contributed by atoms with Gasteiger partial charge in [-0.2, -0.15) is 0 Å². The van der Waals surface area contributed by atoms with Gasteiger partial charge in [-0.25, -0.2) is 0 Å². The first kappa shape index (κ1) is 12.2. The van der Waals surface area contributed by atoms with Crippen LogP contribution < -0.4 is 0 Å². The van der Waals surface area contributed by atoms with Gasteiger partial charge in [0.15, 0.2) is 0 Å². The molecule has 0 saturated carbocycles. The molecule has 4 heteroatoms.